The van der Waals surface area contributed by atoms with Crippen LogP contribution >= 0.6 is 0 Å². The number of nitrogens with one attached hydrogen (secondary N) is 2. The topological polar surface area (TPSA) is 244 Å². The molecular formula is C27H44N8O8. The Bertz CT molecular complexity index is 1050. The first kappa shape index (κ1) is 37.1. The number of aliphatic hydroxyl groups excluding tert-OH is 1. The Hall–Kier alpha value is -3.95. The molecule has 5 amide bonds. The van der Waals surface area contributed by atoms with Gasteiger partial charge in [0.1, 0.15) is 12.1 Å². The Morgan fingerprint density at radius 1 is 1.00 bits per heavy atom. The van der Waals surface area contributed by atoms with Gasteiger partial charge in [-0.3, -0.25) is 19.3 Å². The fraction of sp³-hybridized carbons (Fsp3) is 0.630. The number of azide groups is 1. The quantitative estimate of drug-likeness (QED) is 0.0511. The van der Waals surface area contributed by atoms with Crippen molar-refractivity contribution in [3.8, 4) is 0 Å². The molecule has 0 unspecified atom stereocenters. The first-order valence-electron chi connectivity index (χ1n) is 14.0. The van der Waals surface area contributed by atoms with Crippen molar-refractivity contribution in [1.29, 1.82) is 0 Å². The maximum absolute atomic E-state index is 13.9. The van der Waals surface area contributed by atoms with E-state index >= 15 is 0 Å². The lowest BCUT2D eigenvalue weighted by Gasteiger charge is -2.34. The number of primary amides is 2. The van der Waals surface area contributed by atoms with Crippen LogP contribution < -0.4 is 27.0 Å². The molecule has 0 heterocycles. The monoisotopic (exact) mass is 608 g/mol. The zero-order valence-electron chi connectivity index (χ0n) is 24.8. The molecule has 1 aromatic rings. The van der Waals surface area contributed by atoms with Crippen LogP contribution in [0.3, 0.4) is 0 Å². The first-order chi connectivity index (χ1) is 20.6. The Kier molecular flexibility index (Phi) is 18.7. The van der Waals surface area contributed by atoms with E-state index in [9.17, 15) is 24.3 Å². The van der Waals surface area contributed by atoms with E-state index in [0.717, 1.165) is 0 Å². The number of ether oxygens (including phenoxy) is 3. The molecule has 0 bridgehead atoms. The van der Waals surface area contributed by atoms with Crippen LogP contribution in [0.4, 0.5) is 10.5 Å². The van der Waals surface area contributed by atoms with Crippen molar-refractivity contribution in [3.05, 3.63) is 40.3 Å². The minimum atomic E-state index is -1.08. The molecule has 0 aliphatic heterocycles. The molecule has 0 aromatic heterocycles. The van der Waals surface area contributed by atoms with E-state index in [-0.39, 0.29) is 51.7 Å². The van der Waals surface area contributed by atoms with E-state index in [1.54, 1.807) is 38.1 Å². The number of hydrogen-bond donors (Lipinski definition) is 5. The van der Waals surface area contributed by atoms with Crippen molar-refractivity contribution in [2.24, 2.45) is 22.5 Å². The van der Waals surface area contributed by atoms with Crippen LogP contribution in [0, 0.1) is 5.92 Å². The first-order valence-corrected chi connectivity index (χ1v) is 14.0. The number of nitrogens with zero attached hydrogens (tertiary/aromatic N) is 4. The van der Waals surface area contributed by atoms with Gasteiger partial charge in [0.25, 0.3) is 5.91 Å². The summed E-state index contributed by atoms with van der Waals surface area (Å²) in [5.74, 6) is -2.06. The second kappa shape index (κ2) is 21.7. The van der Waals surface area contributed by atoms with Crippen LogP contribution in [0.5, 0.6) is 0 Å². The number of urea groups is 1. The summed E-state index contributed by atoms with van der Waals surface area (Å²) in [6.07, 6.45) is 0.418. The van der Waals surface area contributed by atoms with Crippen LogP contribution in [0.25, 0.3) is 10.4 Å². The van der Waals surface area contributed by atoms with Gasteiger partial charge in [0.2, 0.25) is 11.8 Å². The van der Waals surface area contributed by atoms with Crippen molar-refractivity contribution < 1.29 is 38.5 Å². The van der Waals surface area contributed by atoms with E-state index in [2.05, 4.69) is 20.7 Å². The summed E-state index contributed by atoms with van der Waals surface area (Å²) < 4.78 is 16.0. The normalized spacial score (nSPS) is 12.2. The standard InChI is InChI=1S/C27H44N8O8/c1-19(2)24(33-23(37)9-12-41-14-16-43-17-15-42-13-11-32-34-30)26(39)35(21-7-5-20(18-36)6-8-21)22(25(28)38)4-3-10-31-27(29)40/h5-8,19,22,24,36H,3-4,9-18H2,1-2H3,(H2,28,38)(H,33,37)(H3,29,31,40)/t22-,24-/m0/s1. The Balaban J connectivity index is 2.79. The number of aliphatic hydroxyl groups is 1. The molecular weight excluding hydrogens is 564 g/mol. The lowest BCUT2D eigenvalue weighted by atomic mass is 9.99. The van der Waals surface area contributed by atoms with Gasteiger partial charge in [-0.15, -0.1) is 0 Å². The number of amides is 5. The summed E-state index contributed by atoms with van der Waals surface area (Å²) in [4.78, 5) is 54.2. The number of nitrogens with two attached hydrogens (primary N) is 2. The molecule has 1 aromatic carbocycles. The van der Waals surface area contributed by atoms with Gasteiger partial charge in [-0.25, -0.2) is 4.79 Å². The summed E-state index contributed by atoms with van der Waals surface area (Å²) in [6.45, 7) is 5.38. The molecule has 16 heteroatoms. The molecule has 16 nitrogen and oxygen atoms in total. The fourth-order valence-electron chi connectivity index (χ4n) is 3.89. The zero-order chi connectivity index (χ0) is 32.0. The second-order valence-electron chi connectivity index (χ2n) is 9.72. The lowest BCUT2D eigenvalue weighted by molar-refractivity contribution is -0.130. The highest BCUT2D eigenvalue weighted by atomic mass is 16.5. The van der Waals surface area contributed by atoms with Crippen LogP contribution in [0.1, 0.15) is 38.7 Å². The molecule has 43 heavy (non-hydrogen) atoms. The van der Waals surface area contributed by atoms with Crippen molar-refractivity contribution in [2.75, 3.05) is 57.6 Å². The van der Waals surface area contributed by atoms with Gasteiger partial charge in [-0.1, -0.05) is 31.1 Å². The average Bonchev–Trinajstić information content (AvgIpc) is 2.97. The zero-order valence-corrected chi connectivity index (χ0v) is 24.8. The third-order valence-corrected chi connectivity index (χ3v) is 6.09. The van der Waals surface area contributed by atoms with Gasteiger partial charge in [0, 0.05) is 30.1 Å². The third-order valence-electron chi connectivity index (χ3n) is 6.09. The number of carbonyl (C=O) groups excluding carboxylic acids is 4. The van der Waals surface area contributed by atoms with Gasteiger partial charge < -0.3 is 41.4 Å². The van der Waals surface area contributed by atoms with Crippen molar-refractivity contribution >= 4 is 29.4 Å². The Labute approximate surface area is 251 Å². The molecule has 0 fully saturated rings. The highest BCUT2D eigenvalue weighted by Gasteiger charge is 2.36. The summed E-state index contributed by atoms with van der Waals surface area (Å²) in [7, 11) is 0. The van der Waals surface area contributed by atoms with E-state index in [4.69, 9.17) is 31.2 Å². The molecule has 0 radical (unpaired) electrons. The number of hydrogen-bond acceptors (Lipinski definition) is 9. The molecule has 0 spiro atoms. The lowest BCUT2D eigenvalue weighted by Crippen LogP contribution is -2.57. The SMILES string of the molecule is CC(C)[C@H](NC(=O)CCOCCOCCOCCN=[N+]=[N-])C(=O)N(c1ccc(CO)cc1)[C@@H](CCCNC(N)=O)C(N)=O. The summed E-state index contributed by atoms with van der Waals surface area (Å²) in [5.41, 5.74) is 20.0. The van der Waals surface area contributed by atoms with Gasteiger partial charge in [0.05, 0.1) is 46.2 Å². The largest absolute Gasteiger partial charge is 0.392 e. The third kappa shape index (κ3) is 15.2. The highest BCUT2D eigenvalue weighted by molar-refractivity contribution is 6.04. The van der Waals surface area contributed by atoms with Crippen LogP contribution in [-0.2, 0) is 35.2 Å². The molecule has 240 valence electrons. The molecule has 0 aliphatic rings. The predicted octanol–water partition coefficient (Wildman–Crippen LogP) is 0.705. The molecule has 1 rings (SSSR count). The molecule has 2 atom stereocenters. The Morgan fingerprint density at radius 3 is 2.14 bits per heavy atom. The molecule has 0 aliphatic carbocycles. The van der Waals surface area contributed by atoms with Gasteiger partial charge in [-0.05, 0) is 42.0 Å². The number of rotatable bonds is 23. The molecule has 0 saturated heterocycles. The minimum Gasteiger partial charge on any atom is -0.392 e. The maximum Gasteiger partial charge on any atom is 0.312 e. The van der Waals surface area contributed by atoms with E-state index in [1.807, 2.05) is 0 Å². The molecule has 0 saturated carbocycles. The van der Waals surface area contributed by atoms with E-state index < -0.39 is 35.8 Å². The van der Waals surface area contributed by atoms with Gasteiger partial charge in [0.15, 0.2) is 0 Å². The predicted molar refractivity (Wildman–Crippen MR) is 158 cm³/mol. The smallest absolute Gasteiger partial charge is 0.312 e. The number of carbonyl (C=O) groups is 4. The van der Waals surface area contributed by atoms with Crippen LogP contribution in [-0.4, -0.2) is 93.7 Å². The number of anilines is 1. The van der Waals surface area contributed by atoms with E-state index in [1.165, 1.54) is 4.90 Å². The van der Waals surface area contributed by atoms with Crippen LogP contribution in [0.2, 0.25) is 0 Å². The van der Waals surface area contributed by atoms with Gasteiger partial charge >= 0.3 is 6.03 Å². The summed E-state index contributed by atoms with van der Waals surface area (Å²) in [5, 5.41) is 18.0. The van der Waals surface area contributed by atoms with Crippen molar-refractivity contribution in [3.63, 3.8) is 0 Å². The van der Waals surface area contributed by atoms with Gasteiger partial charge in [-0.2, -0.15) is 0 Å². The fourth-order valence-corrected chi connectivity index (χ4v) is 3.89. The average molecular weight is 609 g/mol. The summed E-state index contributed by atoms with van der Waals surface area (Å²) >= 11 is 0. The minimum absolute atomic E-state index is 0.0117. The maximum atomic E-state index is 13.9. The van der Waals surface area contributed by atoms with Crippen LogP contribution in [0.15, 0.2) is 29.4 Å². The Morgan fingerprint density at radius 2 is 1.60 bits per heavy atom. The second-order valence-corrected chi connectivity index (χ2v) is 9.72. The highest BCUT2D eigenvalue weighted by Crippen LogP contribution is 2.23. The molecule has 7 N–H and O–H groups in total. The van der Waals surface area contributed by atoms with Crippen molar-refractivity contribution in [2.45, 2.75) is 51.8 Å². The van der Waals surface area contributed by atoms with Crippen molar-refractivity contribution in [1.82, 2.24) is 10.6 Å². The number of benzene rings is 1. The van der Waals surface area contributed by atoms with E-state index in [0.29, 0.717) is 44.1 Å². The summed E-state index contributed by atoms with van der Waals surface area (Å²) in [6, 6.07) is 3.62.